The number of ketones is 1. The van der Waals surface area contributed by atoms with Crippen LogP contribution < -0.4 is 10.2 Å². The zero-order valence-electron chi connectivity index (χ0n) is 28.6. The van der Waals surface area contributed by atoms with Crippen LogP contribution in [0.5, 0.6) is 0 Å². The molecule has 3 heterocycles. The summed E-state index contributed by atoms with van der Waals surface area (Å²) < 4.78 is 40.4. The summed E-state index contributed by atoms with van der Waals surface area (Å²) in [6.07, 6.45) is 2.05. The fourth-order valence-corrected chi connectivity index (χ4v) is 10.1. The molecule has 7 rings (SSSR count). The Hall–Kier alpha value is -2.41. The van der Waals surface area contributed by atoms with Gasteiger partial charge in [0.15, 0.2) is 17.7 Å². The SMILES string of the molecule is COP(=O)([O-])OCC(C)(C)CNC(=O)CO[C@H]1C[C@H]2Cc3c([nH]c4ccccc34)[C@]2(C)C2(C)CCC34OC(C(=O)C=C3[C@]12O)C(C)(C)O4. The number of phosphoric acid groups is 1. The molecule has 262 valence electrons. The number of phosphoric ester groups is 1. The first-order valence-corrected chi connectivity index (χ1v) is 18.2. The van der Waals surface area contributed by atoms with Gasteiger partial charge in [0.2, 0.25) is 5.91 Å². The van der Waals surface area contributed by atoms with Crippen molar-refractivity contribution in [1.29, 1.82) is 0 Å². The van der Waals surface area contributed by atoms with Crippen LogP contribution in [-0.4, -0.2) is 77.8 Å². The second-order valence-electron chi connectivity index (χ2n) is 16.0. The third kappa shape index (κ3) is 4.71. The van der Waals surface area contributed by atoms with E-state index in [-0.39, 0.29) is 31.5 Å². The van der Waals surface area contributed by atoms with Gasteiger partial charge in [-0.25, -0.2) is 0 Å². The molecule has 1 aromatic carbocycles. The number of rotatable bonds is 9. The number of benzene rings is 1. The highest BCUT2D eigenvalue weighted by Crippen LogP contribution is 2.72. The number of aromatic amines is 1. The molecule has 1 amide bonds. The van der Waals surface area contributed by atoms with Crippen molar-refractivity contribution in [2.24, 2.45) is 16.7 Å². The molecule has 8 atom stereocenters. The minimum absolute atomic E-state index is 0.0740. The van der Waals surface area contributed by atoms with Gasteiger partial charge in [-0.3, -0.25) is 14.2 Å². The van der Waals surface area contributed by atoms with Gasteiger partial charge in [-0.15, -0.1) is 0 Å². The Morgan fingerprint density at radius 3 is 2.67 bits per heavy atom. The van der Waals surface area contributed by atoms with E-state index in [1.165, 1.54) is 11.6 Å². The molecular formula is C35H46N2O10P-. The smallest absolute Gasteiger partial charge is 0.267 e. The number of ether oxygens (including phenoxy) is 3. The number of H-pyrrole nitrogens is 1. The lowest BCUT2D eigenvalue weighted by molar-refractivity contribution is -0.279. The number of amides is 1. The Morgan fingerprint density at radius 1 is 1.21 bits per heavy atom. The lowest BCUT2D eigenvalue weighted by atomic mass is 9.41. The molecule has 2 saturated carbocycles. The molecule has 2 bridgehead atoms. The Morgan fingerprint density at radius 2 is 1.94 bits per heavy atom. The van der Waals surface area contributed by atoms with Crippen molar-refractivity contribution in [1.82, 2.24) is 10.3 Å². The lowest BCUT2D eigenvalue weighted by Gasteiger charge is -2.67. The van der Waals surface area contributed by atoms with Crippen LogP contribution >= 0.6 is 7.82 Å². The van der Waals surface area contributed by atoms with Crippen LogP contribution in [0.1, 0.15) is 72.1 Å². The number of aliphatic hydroxyl groups is 1. The molecule has 2 aliphatic heterocycles. The number of carbonyl (C=O) groups is 2. The number of nitrogens with one attached hydrogen (secondary N) is 2. The van der Waals surface area contributed by atoms with E-state index < -0.39 is 59.2 Å². The molecule has 48 heavy (non-hydrogen) atoms. The topological polar surface area (TPSA) is 168 Å². The molecule has 3 fully saturated rings. The number of hydrogen-bond acceptors (Lipinski definition) is 10. The molecule has 1 aromatic heterocycles. The van der Waals surface area contributed by atoms with E-state index in [0.717, 1.165) is 30.1 Å². The summed E-state index contributed by atoms with van der Waals surface area (Å²) >= 11 is 0. The maximum atomic E-state index is 13.6. The summed E-state index contributed by atoms with van der Waals surface area (Å²) in [5.74, 6) is -1.92. The molecule has 2 aromatic rings. The van der Waals surface area contributed by atoms with Crippen molar-refractivity contribution >= 4 is 30.4 Å². The summed E-state index contributed by atoms with van der Waals surface area (Å²) in [5, 5.41) is 17.4. The van der Waals surface area contributed by atoms with Crippen molar-refractivity contribution in [2.75, 3.05) is 26.9 Å². The van der Waals surface area contributed by atoms with E-state index in [1.807, 2.05) is 26.0 Å². The van der Waals surface area contributed by atoms with Crippen molar-refractivity contribution in [2.45, 2.75) is 102 Å². The van der Waals surface area contributed by atoms with Crippen LogP contribution in [0.3, 0.4) is 0 Å². The molecule has 1 saturated heterocycles. The predicted molar refractivity (Wildman–Crippen MR) is 173 cm³/mol. The number of para-hydroxylation sites is 1. The molecule has 12 nitrogen and oxygen atoms in total. The molecule has 13 heteroatoms. The largest absolute Gasteiger partial charge is 0.756 e. The van der Waals surface area contributed by atoms with Gasteiger partial charge in [-0.2, -0.15) is 0 Å². The fraction of sp³-hybridized carbons (Fsp3) is 0.657. The van der Waals surface area contributed by atoms with Gasteiger partial charge in [0, 0.05) is 58.5 Å². The van der Waals surface area contributed by atoms with Crippen molar-refractivity contribution in [3.63, 3.8) is 0 Å². The van der Waals surface area contributed by atoms with Gasteiger partial charge in [0.05, 0.1) is 12.7 Å². The normalized spacial score (nSPS) is 37.6. The second kappa shape index (κ2) is 10.8. The summed E-state index contributed by atoms with van der Waals surface area (Å²) in [7, 11) is -3.40. The summed E-state index contributed by atoms with van der Waals surface area (Å²) in [6, 6.07) is 8.23. The standard InChI is InChI=1S/C35H47N2O10P/c1-30(2,19-45-48(41,42)43-7)18-36-27(39)17-44-26-15-20-14-22-21-10-8-9-11-23(21)37-28(22)33(20,6)32(5)12-13-34-25(35(26,32)40)16-24(38)29(46-34)31(3,4)47-34/h8-11,16,20,26,29,37,40H,12-15,17-19H2,1-7H3,(H,36,39)(H,41,42)/p-1/t20-,26+,29?,32?,33-,34?,35+/m1/s1. The zero-order chi connectivity index (χ0) is 34.7. The molecular weight excluding hydrogens is 639 g/mol. The van der Waals surface area contributed by atoms with Crippen LogP contribution in [0.4, 0.5) is 0 Å². The van der Waals surface area contributed by atoms with Crippen LogP contribution in [0, 0.1) is 16.7 Å². The van der Waals surface area contributed by atoms with Gasteiger partial charge in [-0.1, -0.05) is 45.9 Å². The third-order valence-corrected chi connectivity index (χ3v) is 13.1. The minimum atomic E-state index is -4.42. The van der Waals surface area contributed by atoms with E-state index >= 15 is 0 Å². The number of hydrogen-bond donors (Lipinski definition) is 3. The number of carbonyl (C=O) groups excluding carboxylic acids is 2. The first kappa shape index (κ1) is 34.1. The summed E-state index contributed by atoms with van der Waals surface area (Å²) in [4.78, 5) is 42.2. The van der Waals surface area contributed by atoms with Gasteiger partial charge in [0.1, 0.15) is 17.8 Å². The van der Waals surface area contributed by atoms with Gasteiger partial charge in [-0.05, 0) is 56.7 Å². The quantitative estimate of drug-likeness (QED) is 0.332. The van der Waals surface area contributed by atoms with Crippen molar-refractivity contribution < 1.29 is 47.4 Å². The first-order valence-electron chi connectivity index (χ1n) is 16.7. The van der Waals surface area contributed by atoms with Crippen LogP contribution in [0.15, 0.2) is 35.9 Å². The van der Waals surface area contributed by atoms with Gasteiger partial charge < -0.3 is 43.6 Å². The molecule has 3 aliphatic carbocycles. The Bertz CT molecular complexity index is 1770. The minimum Gasteiger partial charge on any atom is -0.756 e. The number of aromatic nitrogens is 1. The second-order valence-corrected chi connectivity index (χ2v) is 17.5. The molecule has 3 N–H and O–H groups in total. The molecule has 4 unspecified atom stereocenters. The average molecular weight is 686 g/mol. The van der Waals surface area contributed by atoms with E-state index in [0.29, 0.717) is 24.8 Å². The van der Waals surface area contributed by atoms with E-state index in [4.69, 9.17) is 18.7 Å². The zero-order valence-corrected chi connectivity index (χ0v) is 29.5. The van der Waals surface area contributed by atoms with Crippen LogP contribution in [0.2, 0.25) is 0 Å². The highest BCUT2D eigenvalue weighted by Gasteiger charge is 2.78. The lowest BCUT2D eigenvalue weighted by Crippen LogP contribution is -2.75. The average Bonchev–Trinajstić information content (AvgIpc) is 3.62. The first-order chi connectivity index (χ1) is 22.3. The monoisotopic (exact) mass is 685 g/mol. The summed E-state index contributed by atoms with van der Waals surface area (Å²) in [6.45, 7) is 11.0. The van der Waals surface area contributed by atoms with Crippen molar-refractivity contribution in [3.05, 3.63) is 47.2 Å². The van der Waals surface area contributed by atoms with E-state index in [9.17, 15) is 24.2 Å². The Balaban J connectivity index is 1.22. The highest BCUT2D eigenvalue weighted by atomic mass is 31.2. The van der Waals surface area contributed by atoms with E-state index in [1.54, 1.807) is 13.8 Å². The van der Waals surface area contributed by atoms with Gasteiger partial charge in [0.25, 0.3) is 7.82 Å². The third-order valence-electron chi connectivity index (χ3n) is 12.3. The molecule has 5 aliphatic rings. The maximum absolute atomic E-state index is 13.6. The number of fused-ring (bicyclic) bond motifs is 9. The highest BCUT2D eigenvalue weighted by molar-refractivity contribution is 7.45. The molecule has 1 spiro atoms. The predicted octanol–water partition coefficient (Wildman–Crippen LogP) is 3.59. The van der Waals surface area contributed by atoms with Crippen LogP contribution in [-0.2, 0) is 49.2 Å². The Kier molecular flexibility index (Phi) is 7.66. The van der Waals surface area contributed by atoms with Gasteiger partial charge >= 0.3 is 0 Å². The Labute approximate surface area is 280 Å². The fourth-order valence-electron chi connectivity index (χ4n) is 9.51. The van der Waals surface area contributed by atoms with Crippen LogP contribution in [0.25, 0.3) is 10.9 Å². The van der Waals surface area contributed by atoms with Crippen molar-refractivity contribution in [3.8, 4) is 0 Å². The van der Waals surface area contributed by atoms with E-state index in [2.05, 4.69) is 40.8 Å². The summed E-state index contributed by atoms with van der Waals surface area (Å²) in [5.41, 5.74) is -1.03. The maximum Gasteiger partial charge on any atom is 0.267 e. The molecule has 0 radical (unpaired) electrons.